The molecule has 3 nitrogen and oxygen atoms in total. The molecule has 0 aliphatic carbocycles. The zero-order valence-electron chi connectivity index (χ0n) is 14.9. The predicted octanol–water partition coefficient (Wildman–Crippen LogP) is 3.99. The number of rotatable bonds is 7. The van der Waals surface area contributed by atoms with Crippen molar-refractivity contribution in [3.63, 3.8) is 0 Å². The summed E-state index contributed by atoms with van der Waals surface area (Å²) < 4.78 is 0. The standard InChI is InChI=1S/C17H35N3S/c1-7-20(8-2)12-9-10-14(3)18-16-19-15(11-13-21-16)17(4,5)6/h14-15H,7-13H2,1-6H3,(H,18,19). The number of hydrogen-bond acceptors (Lipinski definition) is 4. The molecule has 21 heavy (non-hydrogen) atoms. The summed E-state index contributed by atoms with van der Waals surface area (Å²) >= 11 is 1.89. The maximum absolute atomic E-state index is 4.93. The van der Waals surface area contributed by atoms with E-state index < -0.39 is 0 Å². The highest BCUT2D eigenvalue weighted by Gasteiger charge is 2.27. The number of thioether (sulfide) groups is 1. The Morgan fingerprint density at radius 3 is 2.57 bits per heavy atom. The number of amidine groups is 1. The average molecular weight is 314 g/mol. The molecule has 0 aromatic rings. The van der Waals surface area contributed by atoms with Crippen LogP contribution in [0, 0.1) is 5.41 Å². The second kappa shape index (κ2) is 9.04. The Morgan fingerprint density at radius 1 is 1.33 bits per heavy atom. The number of aliphatic imine (C=N–C) groups is 1. The summed E-state index contributed by atoms with van der Waals surface area (Å²) in [5.41, 5.74) is 0.278. The van der Waals surface area contributed by atoms with Gasteiger partial charge in [0.15, 0.2) is 5.17 Å². The monoisotopic (exact) mass is 313 g/mol. The lowest BCUT2D eigenvalue weighted by atomic mass is 9.85. The SMILES string of the molecule is CCN(CC)CCCC(C)NC1=NC(C(C)(C)C)CCS1. The van der Waals surface area contributed by atoms with E-state index in [4.69, 9.17) is 4.99 Å². The minimum absolute atomic E-state index is 0.278. The molecule has 0 spiro atoms. The van der Waals surface area contributed by atoms with Gasteiger partial charge in [-0.25, -0.2) is 0 Å². The van der Waals surface area contributed by atoms with E-state index in [0.717, 1.165) is 18.3 Å². The lowest BCUT2D eigenvalue weighted by molar-refractivity contribution is 0.292. The van der Waals surface area contributed by atoms with Gasteiger partial charge in [-0.05, 0) is 51.2 Å². The lowest BCUT2D eigenvalue weighted by Crippen LogP contribution is -2.37. The third kappa shape index (κ3) is 7.05. The highest BCUT2D eigenvalue weighted by atomic mass is 32.2. The number of hydrogen-bond donors (Lipinski definition) is 1. The van der Waals surface area contributed by atoms with Gasteiger partial charge in [0.2, 0.25) is 0 Å². The van der Waals surface area contributed by atoms with Gasteiger partial charge in [-0.1, -0.05) is 46.4 Å². The molecule has 2 unspecified atom stereocenters. The van der Waals surface area contributed by atoms with Crippen molar-refractivity contribution in [2.45, 2.75) is 72.9 Å². The Balaban J connectivity index is 2.36. The van der Waals surface area contributed by atoms with Crippen LogP contribution in [0.15, 0.2) is 4.99 Å². The normalized spacial score (nSPS) is 21.3. The van der Waals surface area contributed by atoms with Crippen molar-refractivity contribution in [1.29, 1.82) is 0 Å². The fraction of sp³-hybridized carbons (Fsp3) is 0.941. The molecular weight excluding hydrogens is 278 g/mol. The first-order valence-electron chi connectivity index (χ1n) is 8.56. The molecule has 1 aliphatic heterocycles. The van der Waals surface area contributed by atoms with Gasteiger partial charge in [-0.3, -0.25) is 4.99 Å². The largest absolute Gasteiger partial charge is 0.362 e. The van der Waals surface area contributed by atoms with Gasteiger partial charge in [-0.15, -0.1) is 0 Å². The van der Waals surface area contributed by atoms with Gasteiger partial charge in [-0.2, -0.15) is 0 Å². The van der Waals surface area contributed by atoms with E-state index >= 15 is 0 Å². The molecule has 1 heterocycles. The number of nitrogens with one attached hydrogen (secondary N) is 1. The van der Waals surface area contributed by atoms with Crippen LogP contribution >= 0.6 is 11.8 Å². The van der Waals surface area contributed by atoms with Crippen LogP contribution in [0.4, 0.5) is 0 Å². The van der Waals surface area contributed by atoms with Crippen LogP contribution in [0.2, 0.25) is 0 Å². The summed E-state index contributed by atoms with van der Waals surface area (Å²) in [5, 5.41) is 4.79. The second-order valence-electron chi connectivity index (χ2n) is 7.17. The molecule has 124 valence electrons. The Morgan fingerprint density at radius 2 is 2.00 bits per heavy atom. The number of nitrogens with zero attached hydrogens (tertiary/aromatic N) is 2. The van der Waals surface area contributed by atoms with Crippen molar-refractivity contribution < 1.29 is 0 Å². The summed E-state index contributed by atoms with van der Waals surface area (Å²) in [5.74, 6) is 1.19. The van der Waals surface area contributed by atoms with Gasteiger partial charge in [0.05, 0.1) is 6.04 Å². The zero-order valence-corrected chi connectivity index (χ0v) is 15.7. The third-order valence-electron chi connectivity index (χ3n) is 4.28. The van der Waals surface area contributed by atoms with Gasteiger partial charge in [0.25, 0.3) is 0 Å². The van der Waals surface area contributed by atoms with Gasteiger partial charge >= 0.3 is 0 Å². The molecule has 1 aliphatic rings. The van der Waals surface area contributed by atoms with E-state index in [2.05, 4.69) is 51.8 Å². The van der Waals surface area contributed by atoms with Crippen LogP contribution in [0.25, 0.3) is 0 Å². The molecule has 0 aromatic carbocycles. The molecule has 0 radical (unpaired) electrons. The van der Waals surface area contributed by atoms with Gasteiger partial charge < -0.3 is 10.2 Å². The molecule has 0 saturated carbocycles. The average Bonchev–Trinajstić information content (AvgIpc) is 2.43. The van der Waals surface area contributed by atoms with Crippen LogP contribution < -0.4 is 5.32 Å². The van der Waals surface area contributed by atoms with E-state index in [-0.39, 0.29) is 5.41 Å². The van der Waals surface area contributed by atoms with Crippen molar-refractivity contribution in [2.75, 3.05) is 25.4 Å². The van der Waals surface area contributed by atoms with Gasteiger partial charge in [0.1, 0.15) is 0 Å². The smallest absolute Gasteiger partial charge is 0.157 e. The molecule has 0 saturated heterocycles. The molecule has 0 aromatic heterocycles. The molecule has 2 atom stereocenters. The molecular formula is C17H35N3S. The van der Waals surface area contributed by atoms with Crippen LogP contribution in [-0.2, 0) is 0 Å². The van der Waals surface area contributed by atoms with E-state index in [9.17, 15) is 0 Å². The Kier molecular flexibility index (Phi) is 8.10. The molecule has 0 fully saturated rings. The second-order valence-corrected chi connectivity index (χ2v) is 8.25. The summed E-state index contributed by atoms with van der Waals surface area (Å²) in [4.78, 5) is 7.42. The summed E-state index contributed by atoms with van der Waals surface area (Å²) in [6.07, 6.45) is 3.68. The fourth-order valence-electron chi connectivity index (χ4n) is 2.66. The molecule has 1 N–H and O–H groups in total. The topological polar surface area (TPSA) is 27.6 Å². The van der Waals surface area contributed by atoms with Gasteiger partial charge in [0, 0.05) is 11.8 Å². The highest BCUT2D eigenvalue weighted by Crippen LogP contribution is 2.30. The van der Waals surface area contributed by atoms with Crippen molar-refractivity contribution in [2.24, 2.45) is 10.4 Å². The van der Waals surface area contributed by atoms with Crippen molar-refractivity contribution in [1.82, 2.24) is 10.2 Å². The molecule has 0 bridgehead atoms. The zero-order chi connectivity index (χ0) is 15.9. The minimum Gasteiger partial charge on any atom is -0.362 e. The van der Waals surface area contributed by atoms with E-state index in [1.165, 1.54) is 31.6 Å². The quantitative estimate of drug-likeness (QED) is 0.770. The van der Waals surface area contributed by atoms with Crippen molar-refractivity contribution in [3.05, 3.63) is 0 Å². The highest BCUT2D eigenvalue weighted by molar-refractivity contribution is 8.13. The summed E-state index contributed by atoms with van der Waals surface area (Å²) in [7, 11) is 0. The van der Waals surface area contributed by atoms with Crippen LogP contribution in [-0.4, -0.2) is 47.5 Å². The summed E-state index contributed by atoms with van der Waals surface area (Å²) in [6.45, 7) is 17.2. The predicted molar refractivity (Wildman–Crippen MR) is 97.4 cm³/mol. The van der Waals surface area contributed by atoms with Crippen molar-refractivity contribution in [3.8, 4) is 0 Å². The van der Waals surface area contributed by atoms with Crippen LogP contribution in [0.1, 0.15) is 60.8 Å². The first-order valence-corrected chi connectivity index (χ1v) is 9.54. The lowest BCUT2D eigenvalue weighted by Gasteiger charge is -2.32. The van der Waals surface area contributed by atoms with Crippen molar-refractivity contribution >= 4 is 16.9 Å². The summed E-state index contributed by atoms with van der Waals surface area (Å²) in [6, 6.07) is 0.981. The molecule has 4 heteroatoms. The maximum Gasteiger partial charge on any atom is 0.157 e. The Hall–Kier alpha value is -0.220. The Bertz CT molecular complexity index is 318. The van der Waals surface area contributed by atoms with Crippen LogP contribution in [0.3, 0.4) is 0 Å². The fourth-order valence-corrected chi connectivity index (χ4v) is 3.68. The van der Waals surface area contributed by atoms with E-state index in [1.807, 2.05) is 11.8 Å². The van der Waals surface area contributed by atoms with E-state index in [0.29, 0.717) is 12.1 Å². The Labute approximate surface area is 136 Å². The third-order valence-corrected chi connectivity index (χ3v) is 5.22. The first-order chi connectivity index (χ1) is 9.86. The minimum atomic E-state index is 0.278. The molecule has 1 rings (SSSR count). The first kappa shape index (κ1) is 18.8. The van der Waals surface area contributed by atoms with E-state index in [1.54, 1.807) is 0 Å². The maximum atomic E-state index is 4.93. The molecule has 0 amide bonds. The van der Waals surface area contributed by atoms with Crippen LogP contribution in [0.5, 0.6) is 0 Å².